The lowest BCUT2D eigenvalue weighted by molar-refractivity contribution is 0.827. The Morgan fingerprint density at radius 3 is 2.57 bits per heavy atom. The van der Waals surface area contributed by atoms with Crippen molar-refractivity contribution in [3.05, 3.63) is 29.1 Å². The van der Waals surface area contributed by atoms with Gasteiger partial charge in [-0.2, -0.15) is 5.26 Å². The Balaban J connectivity index is 2.98. The van der Waals surface area contributed by atoms with Crippen molar-refractivity contribution in [2.24, 2.45) is 0 Å². The van der Waals surface area contributed by atoms with Crippen LogP contribution < -0.4 is 0 Å². The van der Waals surface area contributed by atoms with E-state index in [0.29, 0.717) is 5.56 Å². The van der Waals surface area contributed by atoms with Crippen LogP contribution in [0, 0.1) is 11.3 Å². The summed E-state index contributed by atoms with van der Waals surface area (Å²) in [5.41, 5.74) is 3.08. The van der Waals surface area contributed by atoms with Gasteiger partial charge in [-0.3, -0.25) is 4.98 Å². The third kappa shape index (κ3) is 2.56. The second-order valence-electron chi connectivity index (χ2n) is 3.44. The van der Waals surface area contributed by atoms with Gasteiger partial charge in [-0.25, -0.2) is 0 Å². The molecule has 0 bridgehead atoms. The minimum absolute atomic E-state index is 0.674. The van der Waals surface area contributed by atoms with E-state index in [-0.39, 0.29) is 0 Å². The minimum atomic E-state index is 0.674. The zero-order valence-corrected chi connectivity index (χ0v) is 8.88. The predicted octanol–water partition coefficient (Wildman–Crippen LogP) is 2.86. The first-order valence-corrected chi connectivity index (χ1v) is 5.19. The van der Waals surface area contributed by atoms with Gasteiger partial charge in [0.15, 0.2) is 0 Å². The maximum absolute atomic E-state index is 8.76. The number of nitriles is 1. The van der Waals surface area contributed by atoms with E-state index in [1.54, 1.807) is 6.20 Å². The van der Waals surface area contributed by atoms with Gasteiger partial charge >= 0.3 is 0 Å². The van der Waals surface area contributed by atoms with Crippen molar-refractivity contribution in [1.82, 2.24) is 4.98 Å². The van der Waals surface area contributed by atoms with Crippen molar-refractivity contribution >= 4 is 0 Å². The van der Waals surface area contributed by atoms with E-state index in [4.69, 9.17) is 5.26 Å². The number of hydrogen-bond donors (Lipinski definition) is 0. The van der Waals surface area contributed by atoms with E-state index >= 15 is 0 Å². The van der Waals surface area contributed by atoms with Gasteiger partial charge in [-0.15, -0.1) is 0 Å². The molecule has 0 fully saturated rings. The first-order chi connectivity index (χ1) is 6.81. The molecule has 74 valence electrons. The van der Waals surface area contributed by atoms with Crippen LogP contribution in [0.5, 0.6) is 0 Å². The molecule has 1 rings (SSSR count). The van der Waals surface area contributed by atoms with Crippen LogP contribution in [-0.2, 0) is 12.8 Å². The Hall–Kier alpha value is -1.36. The SMILES string of the molecule is CCCc1cc(C#N)cnc1CCC. The zero-order chi connectivity index (χ0) is 10.4. The van der Waals surface area contributed by atoms with Gasteiger partial charge < -0.3 is 0 Å². The summed E-state index contributed by atoms with van der Waals surface area (Å²) in [7, 11) is 0. The first kappa shape index (κ1) is 10.7. The van der Waals surface area contributed by atoms with E-state index in [9.17, 15) is 0 Å². The Bertz CT molecular complexity index is 337. The van der Waals surface area contributed by atoms with Crippen LogP contribution in [-0.4, -0.2) is 4.98 Å². The molecule has 1 aromatic heterocycles. The van der Waals surface area contributed by atoms with Gasteiger partial charge in [0.1, 0.15) is 6.07 Å². The number of pyridine rings is 1. The molecule has 1 aromatic rings. The van der Waals surface area contributed by atoms with Crippen LogP contribution in [0.25, 0.3) is 0 Å². The van der Waals surface area contributed by atoms with Crippen molar-refractivity contribution in [1.29, 1.82) is 5.26 Å². The summed E-state index contributed by atoms with van der Waals surface area (Å²) in [6.07, 6.45) is 5.92. The molecule has 0 spiro atoms. The summed E-state index contributed by atoms with van der Waals surface area (Å²) >= 11 is 0. The molecule has 0 N–H and O–H groups in total. The Morgan fingerprint density at radius 1 is 1.29 bits per heavy atom. The molecule has 0 atom stereocenters. The highest BCUT2D eigenvalue weighted by atomic mass is 14.7. The largest absolute Gasteiger partial charge is 0.260 e. The third-order valence-electron chi connectivity index (χ3n) is 2.20. The Morgan fingerprint density at radius 2 is 2.00 bits per heavy atom. The topological polar surface area (TPSA) is 36.7 Å². The monoisotopic (exact) mass is 188 g/mol. The van der Waals surface area contributed by atoms with E-state index < -0.39 is 0 Å². The molecule has 2 nitrogen and oxygen atoms in total. The lowest BCUT2D eigenvalue weighted by atomic mass is 10.0. The molecule has 0 aliphatic rings. The molecule has 0 radical (unpaired) electrons. The van der Waals surface area contributed by atoms with Crippen molar-refractivity contribution in [2.45, 2.75) is 39.5 Å². The van der Waals surface area contributed by atoms with Crippen molar-refractivity contribution < 1.29 is 0 Å². The van der Waals surface area contributed by atoms with Gasteiger partial charge in [0.2, 0.25) is 0 Å². The fourth-order valence-electron chi connectivity index (χ4n) is 1.55. The first-order valence-electron chi connectivity index (χ1n) is 5.19. The molecule has 0 saturated heterocycles. The minimum Gasteiger partial charge on any atom is -0.260 e. The average molecular weight is 188 g/mol. The smallest absolute Gasteiger partial charge is 0.101 e. The van der Waals surface area contributed by atoms with Crippen LogP contribution in [0.15, 0.2) is 12.3 Å². The van der Waals surface area contributed by atoms with Crippen molar-refractivity contribution in [3.8, 4) is 6.07 Å². The van der Waals surface area contributed by atoms with Gasteiger partial charge in [0.05, 0.1) is 5.56 Å². The second-order valence-corrected chi connectivity index (χ2v) is 3.44. The quantitative estimate of drug-likeness (QED) is 0.728. The summed E-state index contributed by atoms with van der Waals surface area (Å²) < 4.78 is 0. The molecule has 2 heteroatoms. The molecule has 0 aliphatic heterocycles. The molecule has 0 amide bonds. The highest BCUT2D eigenvalue weighted by Crippen LogP contribution is 2.12. The number of aromatic nitrogens is 1. The van der Waals surface area contributed by atoms with Crippen LogP contribution in [0.4, 0.5) is 0 Å². The van der Waals surface area contributed by atoms with E-state index in [0.717, 1.165) is 31.4 Å². The highest BCUT2D eigenvalue weighted by Gasteiger charge is 2.03. The molecule has 1 heterocycles. The summed E-state index contributed by atoms with van der Waals surface area (Å²) in [5.74, 6) is 0. The van der Waals surface area contributed by atoms with Crippen molar-refractivity contribution in [2.75, 3.05) is 0 Å². The molecule has 0 aromatic carbocycles. The fourth-order valence-corrected chi connectivity index (χ4v) is 1.55. The van der Waals surface area contributed by atoms with E-state index in [2.05, 4.69) is 24.9 Å². The van der Waals surface area contributed by atoms with Gasteiger partial charge in [0.25, 0.3) is 0 Å². The van der Waals surface area contributed by atoms with Crippen LogP contribution >= 0.6 is 0 Å². The summed E-state index contributed by atoms with van der Waals surface area (Å²) in [6.45, 7) is 4.30. The maximum Gasteiger partial charge on any atom is 0.101 e. The molecule has 0 saturated carbocycles. The van der Waals surface area contributed by atoms with Gasteiger partial charge in [-0.05, 0) is 24.5 Å². The maximum atomic E-state index is 8.76. The van der Waals surface area contributed by atoms with Gasteiger partial charge in [0, 0.05) is 11.9 Å². The number of aryl methyl sites for hydroxylation is 2. The van der Waals surface area contributed by atoms with Crippen LogP contribution in [0.2, 0.25) is 0 Å². The summed E-state index contributed by atoms with van der Waals surface area (Å²) in [5, 5.41) is 8.76. The Labute approximate surface area is 85.6 Å². The summed E-state index contributed by atoms with van der Waals surface area (Å²) in [6, 6.07) is 4.11. The molecule has 14 heavy (non-hydrogen) atoms. The van der Waals surface area contributed by atoms with Crippen LogP contribution in [0.3, 0.4) is 0 Å². The van der Waals surface area contributed by atoms with Crippen molar-refractivity contribution in [3.63, 3.8) is 0 Å². The molecule has 0 unspecified atom stereocenters. The third-order valence-corrected chi connectivity index (χ3v) is 2.20. The molecular formula is C12H16N2. The predicted molar refractivity (Wildman–Crippen MR) is 56.9 cm³/mol. The summed E-state index contributed by atoms with van der Waals surface area (Å²) in [4.78, 5) is 4.34. The number of rotatable bonds is 4. The van der Waals surface area contributed by atoms with Crippen LogP contribution in [0.1, 0.15) is 43.5 Å². The second kappa shape index (κ2) is 5.39. The lowest BCUT2D eigenvalue weighted by Gasteiger charge is -2.06. The highest BCUT2D eigenvalue weighted by molar-refractivity contribution is 5.33. The van der Waals surface area contributed by atoms with E-state index in [1.807, 2.05) is 6.07 Å². The Kier molecular flexibility index (Phi) is 4.12. The normalized spacial score (nSPS) is 9.79. The number of hydrogen-bond acceptors (Lipinski definition) is 2. The lowest BCUT2D eigenvalue weighted by Crippen LogP contribution is -1.98. The fraction of sp³-hybridized carbons (Fsp3) is 0.500. The number of nitrogens with zero attached hydrogens (tertiary/aromatic N) is 2. The molecule has 0 aliphatic carbocycles. The molecular weight excluding hydrogens is 172 g/mol. The van der Waals surface area contributed by atoms with Gasteiger partial charge in [-0.1, -0.05) is 26.7 Å². The average Bonchev–Trinajstić information content (AvgIpc) is 2.21. The van der Waals surface area contributed by atoms with E-state index in [1.165, 1.54) is 5.56 Å². The standard InChI is InChI=1S/C12H16N2/c1-3-5-11-7-10(8-13)9-14-12(11)6-4-2/h7,9H,3-6H2,1-2H3. The zero-order valence-electron chi connectivity index (χ0n) is 8.88.